The van der Waals surface area contributed by atoms with Crippen LogP contribution in [0.5, 0.6) is 5.75 Å². The molecule has 3 aliphatic rings. The first-order valence-corrected chi connectivity index (χ1v) is 7.81. The number of rotatable bonds is 2. The van der Waals surface area contributed by atoms with Gasteiger partial charge in [-0.05, 0) is 0 Å². The van der Waals surface area contributed by atoms with Crippen molar-refractivity contribution in [2.75, 3.05) is 33.0 Å². The highest BCUT2D eigenvalue weighted by Crippen LogP contribution is 2.42. The van der Waals surface area contributed by atoms with Gasteiger partial charge in [0.05, 0.1) is 32.1 Å². The van der Waals surface area contributed by atoms with Crippen LogP contribution >= 0.6 is 11.6 Å². The number of ether oxygens (including phenoxy) is 4. The molecule has 0 aromatic carbocycles. The Morgan fingerprint density at radius 2 is 2.24 bits per heavy atom. The van der Waals surface area contributed by atoms with Crippen LogP contribution in [0, 0.1) is 0 Å². The summed E-state index contributed by atoms with van der Waals surface area (Å²) in [5.41, 5.74) is 1.57. The average Bonchev–Trinajstić information content (AvgIpc) is 3.13. The second kappa shape index (κ2) is 5.39. The highest BCUT2D eigenvalue weighted by atomic mass is 35.5. The summed E-state index contributed by atoms with van der Waals surface area (Å²) in [5.74, 6) is 0.829. The molecule has 1 spiro atoms. The van der Waals surface area contributed by atoms with Crippen LogP contribution in [0.25, 0.3) is 0 Å². The van der Waals surface area contributed by atoms with Gasteiger partial charge in [0.1, 0.15) is 22.6 Å². The number of fused-ring (bicyclic) bond motifs is 2. The Kier molecular flexibility index (Phi) is 3.53. The van der Waals surface area contributed by atoms with Crippen LogP contribution in [0.1, 0.15) is 24.1 Å². The Balaban J connectivity index is 1.73. The zero-order valence-corrected chi connectivity index (χ0v) is 12.5. The van der Waals surface area contributed by atoms with Gasteiger partial charge in [-0.3, -0.25) is 0 Å². The summed E-state index contributed by atoms with van der Waals surface area (Å²) < 4.78 is 23.0. The maximum atomic E-state index is 6.21. The Morgan fingerprint density at radius 1 is 1.29 bits per heavy atom. The minimum absolute atomic E-state index is 0.103. The van der Waals surface area contributed by atoms with Gasteiger partial charge in [0.15, 0.2) is 0 Å². The summed E-state index contributed by atoms with van der Waals surface area (Å²) in [5, 5.41) is 0.444. The number of nitrogens with zero attached hydrogens (tertiary/aromatic N) is 1. The molecule has 1 aromatic rings. The molecule has 0 aliphatic carbocycles. The van der Waals surface area contributed by atoms with E-state index in [1.165, 1.54) is 0 Å². The summed E-state index contributed by atoms with van der Waals surface area (Å²) >= 11 is 6.21. The molecule has 3 aliphatic heterocycles. The molecule has 1 aromatic heterocycles. The van der Waals surface area contributed by atoms with Crippen molar-refractivity contribution in [3.05, 3.63) is 22.5 Å². The third-order valence-corrected chi connectivity index (χ3v) is 4.57. The Morgan fingerprint density at radius 3 is 3.00 bits per heavy atom. The van der Waals surface area contributed by atoms with E-state index in [1.54, 1.807) is 0 Å². The third kappa shape index (κ3) is 2.42. The van der Waals surface area contributed by atoms with Crippen LogP contribution in [0.15, 0.2) is 6.07 Å². The maximum Gasteiger partial charge on any atom is 0.136 e. The largest absolute Gasteiger partial charge is 0.487 e. The van der Waals surface area contributed by atoms with Gasteiger partial charge in [-0.1, -0.05) is 11.6 Å². The summed E-state index contributed by atoms with van der Waals surface area (Å²) in [6, 6.07) is 1.81. The van der Waals surface area contributed by atoms with Gasteiger partial charge >= 0.3 is 0 Å². The molecule has 5 nitrogen and oxygen atoms in total. The van der Waals surface area contributed by atoms with Gasteiger partial charge in [-0.15, -0.1) is 0 Å². The molecular formula is C15H18ClNO4. The number of aromatic nitrogens is 1. The lowest BCUT2D eigenvalue weighted by Gasteiger charge is -2.34. The van der Waals surface area contributed by atoms with E-state index in [1.807, 2.05) is 6.07 Å². The van der Waals surface area contributed by atoms with Crippen molar-refractivity contribution in [2.24, 2.45) is 0 Å². The van der Waals surface area contributed by atoms with Crippen molar-refractivity contribution >= 4 is 11.6 Å². The van der Waals surface area contributed by atoms with Crippen LogP contribution in [0.4, 0.5) is 0 Å². The van der Waals surface area contributed by atoms with Gasteiger partial charge in [0, 0.05) is 37.5 Å². The second-order valence-corrected chi connectivity index (χ2v) is 6.16. The van der Waals surface area contributed by atoms with Crippen LogP contribution in [0.2, 0.25) is 5.15 Å². The lowest BCUT2D eigenvalue weighted by atomic mass is 9.90. The molecule has 2 fully saturated rings. The molecule has 0 N–H and O–H groups in total. The van der Waals surface area contributed by atoms with Crippen molar-refractivity contribution in [2.45, 2.75) is 31.0 Å². The molecule has 0 saturated carbocycles. The van der Waals surface area contributed by atoms with Crippen LogP contribution in [-0.4, -0.2) is 44.1 Å². The van der Waals surface area contributed by atoms with Crippen LogP contribution in [0.3, 0.4) is 0 Å². The molecule has 0 bridgehead atoms. The zero-order chi connectivity index (χ0) is 14.3. The molecule has 2 atom stereocenters. The van der Waals surface area contributed by atoms with Crippen LogP contribution in [-0.2, 0) is 26.2 Å². The topological polar surface area (TPSA) is 49.8 Å². The standard InChI is InChI=1S/C15H18ClNO4/c16-13-7-12(21-10-1-4-18-8-10)11-2-5-20-15(14(11)17-13)3-6-19-9-15/h7,10H,1-6,8-9H2/t10-,15?/m0/s1. The number of hydrogen-bond donors (Lipinski definition) is 0. The van der Waals surface area contributed by atoms with Crippen molar-refractivity contribution in [1.29, 1.82) is 0 Å². The molecule has 4 heterocycles. The fraction of sp³-hybridized carbons (Fsp3) is 0.667. The normalized spacial score (nSPS) is 31.6. The van der Waals surface area contributed by atoms with Gasteiger partial charge < -0.3 is 18.9 Å². The third-order valence-electron chi connectivity index (χ3n) is 4.38. The summed E-state index contributed by atoms with van der Waals surface area (Å²) in [4.78, 5) is 4.53. The first kappa shape index (κ1) is 13.8. The molecule has 21 heavy (non-hydrogen) atoms. The quantitative estimate of drug-likeness (QED) is 0.783. The average molecular weight is 312 g/mol. The molecule has 4 rings (SSSR count). The highest BCUT2D eigenvalue weighted by molar-refractivity contribution is 6.29. The highest BCUT2D eigenvalue weighted by Gasteiger charge is 2.44. The Labute approximate surface area is 128 Å². The number of halogens is 1. The molecule has 1 unspecified atom stereocenters. The SMILES string of the molecule is Clc1cc(O[C@H]2CCOC2)c2c(n1)C1(CCOC1)OCC2. The van der Waals surface area contributed by atoms with E-state index >= 15 is 0 Å². The van der Waals surface area contributed by atoms with E-state index < -0.39 is 5.60 Å². The van der Waals surface area contributed by atoms with E-state index in [-0.39, 0.29) is 6.10 Å². The lowest BCUT2D eigenvalue weighted by Crippen LogP contribution is -2.37. The van der Waals surface area contributed by atoms with Crippen molar-refractivity contribution in [1.82, 2.24) is 4.98 Å². The fourth-order valence-electron chi connectivity index (χ4n) is 3.29. The summed E-state index contributed by atoms with van der Waals surface area (Å²) in [7, 11) is 0. The Hall–Kier alpha value is -0.880. The fourth-order valence-corrected chi connectivity index (χ4v) is 3.47. The molecule has 114 valence electrons. The molecule has 0 amide bonds. The summed E-state index contributed by atoms with van der Waals surface area (Å²) in [6.45, 7) is 3.29. The predicted molar refractivity (Wildman–Crippen MR) is 75.9 cm³/mol. The summed E-state index contributed by atoms with van der Waals surface area (Å²) in [6.07, 6.45) is 2.63. The van der Waals surface area contributed by atoms with E-state index in [4.69, 9.17) is 30.5 Å². The number of hydrogen-bond acceptors (Lipinski definition) is 5. The first-order chi connectivity index (χ1) is 10.3. The molecule has 2 saturated heterocycles. The van der Waals surface area contributed by atoms with Crippen molar-refractivity contribution in [3.63, 3.8) is 0 Å². The molecular weight excluding hydrogens is 294 g/mol. The predicted octanol–water partition coefficient (Wildman–Crippen LogP) is 2.09. The maximum absolute atomic E-state index is 6.21. The van der Waals surface area contributed by atoms with Gasteiger partial charge in [0.25, 0.3) is 0 Å². The van der Waals surface area contributed by atoms with E-state index in [2.05, 4.69) is 4.98 Å². The number of pyridine rings is 1. The molecule has 6 heteroatoms. The van der Waals surface area contributed by atoms with E-state index in [0.717, 1.165) is 42.9 Å². The van der Waals surface area contributed by atoms with Crippen LogP contribution < -0.4 is 4.74 Å². The second-order valence-electron chi connectivity index (χ2n) is 5.77. The van der Waals surface area contributed by atoms with Crippen molar-refractivity contribution < 1.29 is 18.9 Å². The van der Waals surface area contributed by atoms with Gasteiger partial charge in [-0.25, -0.2) is 4.98 Å². The zero-order valence-electron chi connectivity index (χ0n) is 11.8. The smallest absolute Gasteiger partial charge is 0.136 e. The van der Waals surface area contributed by atoms with E-state index in [0.29, 0.717) is 31.6 Å². The van der Waals surface area contributed by atoms with Gasteiger partial charge in [-0.2, -0.15) is 0 Å². The first-order valence-electron chi connectivity index (χ1n) is 7.43. The Bertz CT molecular complexity index is 539. The minimum atomic E-state index is -0.442. The monoisotopic (exact) mass is 311 g/mol. The lowest BCUT2D eigenvalue weighted by molar-refractivity contribution is -0.0671. The minimum Gasteiger partial charge on any atom is -0.487 e. The van der Waals surface area contributed by atoms with Crippen molar-refractivity contribution in [3.8, 4) is 5.75 Å². The molecule has 0 radical (unpaired) electrons. The van der Waals surface area contributed by atoms with Gasteiger partial charge in [0.2, 0.25) is 0 Å². The van der Waals surface area contributed by atoms with E-state index in [9.17, 15) is 0 Å².